The Morgan fingerprint density at radius 3 is 2.27 bits per heavy atom. The molecular formula is C22H29N3O4S. The normalized spacial score (nSPS) is 13.2. The predicted molar refractivity (Wildman–Crippen MR) is 118 cm³/mol. The molecule has 0 bridgehead atoms. The number of hydrogen-bond acceptors (Lipinski definition) is 4. The van der Waals surface area contributed by atoms with Crippen molar-refractivity contribution in [2.24, 2.45) is 0 Å². The number of nitrogens with zero attached hydrogens (tertiary/aromatic N) is 1. The fraction of sp³-hybridized carbons (Fsp3) is 0.364. The second-order valence-electron chi connectivity index (χ2n) is 7.35. The summed E-state index contributed by atoms with van der Waals surface area (Å²) < 4.78 is 27.2. The van der Waals surface area contributed by atoms with Crippen molar-refractivity contribution in [1.29, 1.82) is 0 Å². The average molecular weight is 432 g/mol. The lowest BCUT2D eigenvalue weighted by Gasteiger charge is -2.20. The Labute approximate surface area is 178 Å². The van der Waals surface area contributed by atoms with Crippen LogP contribution in [-0.2, 0) is 14.8 Å². The number of rotatable bonds is 8. The van der Waals surface area contributed by atoms with Gasteiger partial charge in [-0.2, -0.15) is 0 Å². The molecule has 0 saturated carbocycles. The maximum atomic E-state index is 13.0. The fourth-order valence-electron chi connectivity index (χ4n) is 2.66. The number of amides is 2. The van der Waals surface area contributed by atoms with E-state index in [0.717, 1.165) is 12.0 Å². The van der Waals surface area contributed by atoms with Crippen molar-refractivity contribution in [3.63, 3.8) is 0 Å². The molecule has 8 heteroatoms. The first-order chi connectivity index (χ1) is 14.1. The third-order valence-electron chi connectivity index (χ3n) is 4.89. The monoisotopic (exact) mass is 431 g/mol. The minimum Gasteiger partial charge on any atom is -0.352 e. The molecule has 0 aromatic heterocycles. The van der Waals surface area contributed by atoms with Crippen LogP contribution in [0.2, 0.25) is 0 Å². The van der Waals surface area contributed by atoms with E-state index < -0.39 is 22.0 Å². The summed E-state index contributed by atoms with van der Waals surface area (Å²) in [5, 5.41) is 5.41. The Hall–Kier alpha value is -2.87. The molecule has 2 N–H and O–H groups in total. The summed E-state index contributed by atoms with van der Waals surface area (Å²) in [4.78, 5) is 24.7. The average Bonchev–Trinajstić information content (AvgIpc) is 2.73. The van der Waals surface area contributed by atoms with Gasteiger partial charge in [-0.05, 0) is 57.5 Å². The van der Waals surface area contributed by atoms with Crippen LogP contribution < -0.4 is 14.9 Å². The van der Waals surface area contributed by atoms with Gasteiger partial charge in [0.25, 0.3) is 15.9 Å². The van der Waals surface area contributed by atoms with Crippen LogP contribution >= 0.6 is 0 Å². The second-order valence-corrected chi connectivity index (χ2v) is 9.32. The van der Waals surface area contributed by atoms with Crippen molar-refractivity contribution in [1.82, 2.24) is 10.6 Å². The highest BCUT2D eigenvalue weighted by Crippen LogP contribution is 2.23. The quantitative estimate of drug-likeness (QED) is 0.672. The second kappa shape index (κ2) is 9.75. The van der Waals surface area contributed by atoms with E-state index in [1.807, 2.05) is 32.9 Å². The Morgan fingerprint density at radius 1 is 1.03 bits per heavy atom. The number of nitrogens with one attached hydrogen (secondary N) is 2. The third-order valence-corrected chi connectivity index (χ3v) is 6.68. The lowest BCUT2D eigenvalue weighted by molar-refractivity contribution is -0.123. The number of carbonyl (C=O) groups is 2. The van der Waals surface area contributed by atoms with Crippen molar-refractivity contribution < 1.29 is 18.0 Å². The first-order valence-electron chi connectivity index (χ1n) is 9.83. The molecule has 7 nitrogen and oxygen atoms in total. The van der Waals surface area contributed by atoms with Gasteiger partial charge >= 0.3 is 0 Å². The highest BCUT2D eigenvalue weighted by Gasteiger charge is 2.23. The topological polar surface area (TPSA) is 95.6 Å². The Bertz CT molecular complexity index is 1000. The van der Waals surface area contributed by atoms with Crippen LogP contribution in [0, 0.1) is 6.92 Å². The highest BCUT2D eigenvalue weighted by atomic mass is 32.2. The Balaban J connectivity index is 2.19. The largest absolute Gasteiger partial charge is 0.352 e. The molecule has 2 rings (SSSR count). The summed E-state index contributed by atoms with van der Waals surface area (Å²) in [6.07, 6.45) is 0.779. The van der Waals surface area contributed by atoms with E-state index >= 15 is 0 Å². The van der Waals surface area contributed by atoms with E-state index in [-0.39, 0.29) is 22.4 Å². The SMILES string of the molecule is CCC(C)NC(=O)C(C)NC(=O)c1cccc(S(=O)(=O)N(C)c2ccc(C)cc2)c1. The lowest BCUT2D eigenvalue weighted by atomic mass is 10.2. The predicted octanol–water partition coefficient (Wildman–Crippen LogP) is 2.85. The Morgan fingerprint density at radius 2 is 1.67 bits per heavy atom. The van der Waals surface area contributed by atoms with Crippen LogP contribution in [0.25, 0.3) is 0 Å². The lowest BCUT2D eigenvalue weighted by Crippen LogP contribution is -2.47. The summed E-state index contributed by atoms with van der Waals surface area (Å²) in [6, 6.07) is 12.1. The van der Waals surface area contributed by atoms with Gasteiger partial charge < -0.3 is 10.6 Å². The number of carbonyl (C=O) groups excluding carboxylic acids is 2. The molecule has 0 aliphatic carbocycles. The van der Waals surface area contributed by atoms with Crippen LogP contribution in [0.4, 0.5) is 5.69 Å². The summed E-state index contributed by atoms with van der Waals surface area (Å²) in [5.41, 5.74) is 1.71. The van der Waals surface area contributed by atoms with E-state index in [1.165, 1.54) is 35.6 Å². The summed E-state index contributed by atoms with van der Waals surface area (Å²) >= 11 is 0. The molecule has 2 unspecified atom stereocenters. The van der Waals surface area contributed by atoms with Crippen molar-refractivity contribution in [2.75, 3.05) is 11.4 Å². The van der Waals surface area contributed by atoms with Gasteiger partial charge in [0.05, 0.1) is 10.6 Å². The molecule has 0 fully saturated rings. The molecule has 0 radical (unpaired) electrons. The molecule has 30 heavy (non-hydrogen) atoms. The van der Waals surface area contributed by atoms with E-state index in [1.54, 1.807) is 19.1 Å². The van der Waals surface area contributed by atoms with Crippen molar-refractivity contribution in [3.05, 3.63) is 59.7 Å². The van der Waals surface area contributed by atoms with Gasteiger partial charge in [0, 0.05) is 18.7 Å². The molecule has 2 atom stereocenters. The fourth-order valence-corrected chi connectivity index (χ4v) is 3.91. The number of hydrogen-bond donors (Lipinski definition) is 2. The number of benzene rings is 2. The minimum atomic E-state index is -3.85. The van der Waals surface area contributed by atoms with Gasteiger partial charge in [0.1, 0.15) is 6.04 Å². The third kappa shape index (κ3) is 5.60. The minimum absolute atomic E-state index is 0.00244. The summed E-state index contributed by atoms with van der Waals surface area (Å²) in [7, 11) is -2.38. The molecule has 0 aliphatic heterocycles. The van der Waals surface area contributed by atoms with Gasteiger partial charge in [-0.3, -0.25) is 13.9 Å². The van der Waals surface area contributed by atoms with Gasteiger partial charge in [-0.25, -0.2) is 8.42 Å². The molecule has 2 aromatic rings. The molecule has 2 amide bonds. The van der Waals surface area contributed by atoms with Gasteiger partial charge in [-0.1, -0.05) is 30.7 Å². The first kappa shape index (κ1) is 23.4. The van der Waals surface area contributed by atoms with Gasteiger partial charge in [-0.15, -0.1) is 0 Å². The van der Waals surface area contributed by atoms with Crippen molar-refractivity contribution in [2.45, 2.75) is 51.1 Å². The number of aryl methyl sites for hydroxylation is 1. The molecule has 0 heterocycles. The van der Waals surface area contributed by atoms with E-state index in [4.69, 9.17) is 0 Å². The van der Waals surface area contributed by atoms with Gasteiger partial charge in [0.2, 0.25) is 5.91 Å². The van der Waals surface area contributed by atoms with E-state index in [2.05, 4.69) is 10.6 Å². The van der Waals surface area contributed by atoms with Crippen LogP contribution in [0.5, 0.6) is 0 Å². The summed E-state index contributed by atoms with van der Waals surface area (Å²) in [6.45, 7) is 7.34. The van der Waals surface area contributed by atoms with Gasteiger partial charge in [0.15, 0.2) is 0 Å². The van der Waals surface area contributed by atoms with E-state index in [0.29, 0.717) is 5.69 Å². The smallest absolute Gasteiger partial charge is 0.264 e. The highest BCUT2D eigenvalue weighted by molar-refractivity contribution is 7.92. The first-order valence-corrected chi connectivity index (χ1v) is 11.3. The zero-order valence-corrected chi connectivity index (χ0v) is 18.8. The molecule has 2 aromatic carbocycles. The zero-order valence-electron chi connectivity index (χ0n) is 18.0. The van der Waals surface area contributed by atoms with Crippen LogP contribution in [0.3, 0.4) is 0 Å². The van der Waals surface area contributed by atoms with Crippen molar-refractivity contribution in [3.8, 4) is 0 Å². The zero-order chi connectivity index (χ0) is 22.5. The van der Waals surface area contributed by atoms with Crippen LogP contribution in [-0.4, -0.2) is 39.4 Å². The maximum Gasteiger partial charge on any atom is 0.264 e. The number of anilines is 1. The molecule has 162 valence electrons. The van der Waals surface area contributed by atoms with Crippen LogP contribution in [0.15, 0.2) is 53.4 Å². The maximum absolute atomic E-state index is 13.0. The molecular weight excluding hydrogens is 402 g/mol. The standard InChI is InChI=1S/C22H29N3O4S/c1-6-16(3)23-21(26)17(4)24-22(27)18-8-7-9-20(14-18)30(28,29)25(5)19-12-10-15(2)11-13-19/h7-14,16-17H,6H2,1-5H3,(H,23,26)(H,24,27). The molecule has 0 aliphatic rings. The van der Waals surface area contributed by atoms with Crippen molar-refractivity contribution >= 4 is 27.5 Å². The van der Waals surface area contributed by atoms with Crippen LogP contribution in [0.1, 0.15) is 43.1 Å². The Kier molecular flexibility index (Phi) is 7.61. The summed E-state index contributed by atoms with van der Waals surface area (Å²) in [5.74, 6) is -0.808. The van der Waals surface area contributed by atoms with E-state index in [9.17, 15) is 18.0 Å². The molecule has 0 saturated heterocycles. The number of sulfonamides is 1. The molecule has 0 spiro atoms.